The summed E-state index contributed by atoms with van der Waals surface area (Å²) in [4.78, 5) is 12.2. The van der Waals surface area contributed by atoms with Crippen LogP contribution in [0.2, 0.25) is 0 Å². The van der Waals surface area contributed by atoms with Crippen LogP contribution in [0.1, 0.15) is 23.2 Å². The summed E-state index contributed by atoms with van der Waals surface area (Å²) in [7, 11) is 0. The number of hydrogen-bond donors (Lipinski definition) is 1. The highest BCUT2D eigenvalue weighted by molar-refractivity contribution is 8.00. The number of thioether (sulfide) groups is 1. The highest BCUT2D eigenvalue weighted by Crippen LogP contribution is 2.36. The Morgan fingerprint density at radius 2 is 2.09 bits per heavy atom. The zero-order valence-electron chi connectivity index (χ0n) is 12.2. The maximum absolute atomic E-state index is 12.4. The van der Waals surface area contributed by atoms with Crippen LogP contribution in [0.4, 0.5) is 13.2 Å². The van der Waals surface area contributed by atoms with Crippen LogP contribution in [0.25, 0.3) is 0 Å². The fourth-order valence-corrected chi connectivity index (χ4v) is 3.00. The number of alkyl halides is 3. The van der Waals surface area contributed by atoms with Crippen molar-refractivity contribution < 1.29 is 22.7 Å². The van der Waals surface area contributed by atoms with Gasteiger partial charge in [0.15, 0.2) is 0 Å². The lowest BCUT2D eigenvalue weighted by atomic mass is 9.92. The monoisotopic (exact) mass is 343 g/mol. The molecular formula is C16H16F3NO2S. The van der Waals surface area contributed by atoms with Gasteiger partial charge >= 0.3 is 5.51 Å². The Kier molecular flexibility index (Phi) is 5.97. The Morgan fingerprint density at radius 3 is 2.70 bits per heavy atom. The van der Waals surface area contributed by atoms with Gasteiger partial charge in [0, 0.05) is 23.7 Å². The van der Waals surface area contributed by atoms with Crippen LogP contribution in [0, 0.1) is 18.3 Å². The Labute approximate surface area is 137 Å². The predicted molar refractivity (Wildman–Crippen MR) is 82.0 cm³/mol. The van der Waals surface area contributed by atoms with Gasteiger partial charge in [0.1, 0.15) is 0 Å². The summed E-state index contributed by atoms with van der Waals surface area (Å²) >= 11 is -0.252. The van der Waals surface area contributed by atoms with Crippen LogP contribution < -0.4 is 5.32 Å². The number of carbonyl (C=O) groups is 1. The number of carbonyl (C=O) groups excluding carboxylic acids is 1. The van der Waals surface area contributed by atoms with Crippen LogP contribution in [0.5, 0.6) is 0 Å². The largest absolute Gasteiger partial charge is 0.446 e. The van der Waals surface area contributed by atoms with Crippen LogP contribution in [0.3, 0.4) is 0 Å². The molecule has 1 heterocycles. The molecule has 1 aromatic carbocycles. The SMILES string of the molecule is C#C[C@@H](NC(=O)c1cccc(SC(F)(F)F)c1)C1CCOCC1. The minimum absolute atomic E-state index is 0.0338. The van der Waals surface area contributed by atoms with E-state index < -0.39 is 17.5 Å². The van der Waals surface area contributed by atoms with Gasteiger partial charge in [0.2, 0.25) is 0 Å². The van der Waals surface area contributed by atoms with Crippen molar-refractivity contribution in [2.45, 2.75) is 29.3 Å². The quantitative estimate of drug-likeness (QED) is 0.672. The molecule has 0 aromatic heterocycles. The number of terminal acetylenes is 1. The molecule has 0 radical (unpaired) electrons. The number of ether oxygens (including phenoxy) is 1. The van der Waals surface area contributed by atoms with Gasteiger partial charge in [0.05, 0.1) is 6.04 Å². The minimum atomic E-state index is -4.39. The first-order chi connectivity index (χ1) is 10.9. The van der Waals surface area contributed by atoms with Gasteiger partial charge < -0.3 is 10.1 Å². The van der Waals surface area contributed by atoms with Crippen molar-refractivity contribution in [2.24, 2.45) is 5.92 Å². The normalized spacial score (nSPS) is 17.3. The molecular weight excluding hydrogens is 327 g/mol. The topological polar surface area (TPSA) is 38.3 Å². The third-order valence-corrected chi connectivity index (χ3v) is 4.25. The van der Waals surface area contributed by atoms with E-state index in [4.69, 9.17) is 11.2 Å². The Hall–Kier alpha value is -1.65. The van der Waals surface area contributed by atoms with E-state index in [0.717, 1.165) is 12.8 Å². The summed E-state index contributed by atoms with van der Waals surface area (Å²) in [5, 5.41) is 2.72. The lowest BCUT2D eigenvalue weighted by Gasteiger charge is -2.27. The first-order valence-corrected chi connectivity index (χ1v) is 7.91. The zero-order valence-corrected chi connectivity index (χ0v) is 13.0. The summed E-state index contributed by atoms with van der Waals surface area (Å²) in [5.41, 5.74) is -4.23. The molecule has 1 amide bonds. The van der Waals surface area contributed by atoms with Crippen molar-refractivity contribution in [1.29, 1.82) is 0 Å². The van der Waals surface area contributed by atoms with Crippen LogP contribution in [-0.2, 0) is 4.74 Å². The molecule has 0 unspecified atom stereocenters. The standard InChI is InChI=1S/C16H16F3NO2S/c1-2-14(11-6-8-22-9-7-11)20-15(21)12-4-3-5-13(10-12)23-16(17,18)19/h1,3-5,10-11,14H,6-9H2,(H,20,21)/t14-/m1/s1. The Balaban J connectivity index is 2.04. The highest BCUT2D eigenvalue weighted by Gasteiger charge is 2.29. The van der Waals surface area contributed by atoms with Gasteiger partial charge in [-0.3, -0.25) is 4.79 Å². The molecule has 1 aliphatic heterocycles. The molecule has 1 N–H and O–H groups in total. The molecule has 0 aliphatic carbocycles. The van der Waals surface area contributed by atoms with E-state index >= 15 is 0 Å². The highest BCUT2D eigenvalue weighted by atomic mass is 32.2. The van der Waals surface area contributed by atoms with E-state index in [2.05, 4.69) is 11.2 Å². The number of nitrogens with one attached hydrogen (secondary N) is 1. The second kappa shape index (κ2) is 7.75. The third-order valence-electron chi connectivity index (χ3n) is 3.53. The van der Waals surface area contributed by atoms with Gasteiger partial charge in [0.25, 0.3) is 5.91 Å². The van der Waals surface area contributed by atoms with Crippen molar-refractivity contribution in [1.82, 2.24) is 5.32 Å². The van der Waals surface area contributed by atoms with Crippen molar-refractivity contribution in [3.63, 3.8) is 0 Å². The average molecular weight is 343 g/mol. The second-order valence-electron chi connectivity index (χ2n) is 5.14. The van der Waals surface area contributed by atoms with E-state index in [1.54, 1.807) is 0 Å². The zero-order chi connectivity index (χ0) is 16.9. The summed E-state index contributed by atoms with van der Waals surface area (Å²) < 4.78 is 42.5. The van der Waals surface area contributed by atoms with Gasteiger partial charge in [-0.05, 0) is 48.7 Å². The third kappa shape index (κ3) is 5.48. The molecule has 0 saturated carbocycles. The second-order valence-corrected chi connectivity index (χ2v) is 6.28. The van der Waals surface area contributed by atoms with Crippen molar-refractivity contribution >= 4 is 17.7 Å². The molecule has 2 rings (SSSR count). The molecule has 7 heteroatoms. The van der Waals surface area contributed by atoms with Crippen molar-refractivity contribution in [3.05, 3.63) is 29.8 Å². The molecule has 0 bridgehead atoms. The first-order valence-electron chi connectivity index (χ1n) is 7.09. The summed E-state index contributed by atoms with van der Waals surface area (Å²) in [6, 6.07) is 4.96. The van der Waals surface area contributed by atoms with Gasteiger partial charge in [-0.1, -0.05) is 12.0 Å². The van der Waals surface area contributed by atoms with E-state index in [0.29, 0.717) is 13.2 Å². The van der Waals surface area contributed by atoms with Gasteiger partial charge in [-0.25, -0.2) is 0 Å². The molecule has 1 atom stereocenters. The summed E-state index contributed by atoms with van der Waals surface area (Å²) in [6.45, 7) is 1.19. The number of halogens is 3. The Bertz CT molecular complexity index is 592. The number of rotatable bonds is 4. The maximum atomic E-state index is 12.4. The van der Waals surface area contributed by atoms with E-state index in [-0.39, 0.29) is 28.1 Å². The molecule has 124 valence electrons. The molecule has 3 nitrogen and oxygen atoms in total. The minimum Gasteiger partial charge on any atom is -0.381 e. The number of amides is 1. The molecule has 1 saturated heterocycles. The van der Waals surface area contributed by atoms with Gasteiger partial charge in [-0.2, -0.15) is 13.2 Å². The van der Waals surface area contributed by atoms with Crippen LogP contribution >= 0.6 is 11.8 Å². The first kappa shape index (κ1) is 17.7. The fraction of sp³-hybridized carbons (Fsp3) is 0.438. The summed E-state index contributed by atoms with van der Waals surface area (Å²) in [6.07, 6.45) is 6.98. The summed E-state index contributed by atoms with van der Waals surface area (Å²) in [5.74, 6) is 2.20. The fourth-order valence-electron chi connectivity index (χ4n) is 2.40. The molecule has 23 heavy (non-hydrogen) atoms. The maximum Gasteiger partial charge on any atom is 0.446 e. The van der Waals surface area contributed by atoms with Crippen molar-refractivity contribution in [3.8, 4) is 12.3 Å². The lowest BCUT2D eigenvalue weighted by molar-refractivity contribution is -0.0328. The lowest BCUT2D eigenvalue weighted by Crippen LogP contribution is -2.41. The molecule has 0 spiro atoms. The number of benzene rings is 1. The average Bonchev–Trinajstić information content (AvgIpc) is 2.52. The Morgan fingerprint density at radius 1 is 1.39 bits per heavy atom. The van der Waals surface area contributed by atoms with Crippen LogP contribution in [-0.4, -0.2) is 30.7 Å². The molecule has 1 aromatic rings. The smallest absolute Gasteiger partial charge is 0.381 e. The van der Waals surface area contributed by atoms with Gasteiger partial charge in [-0.15, -0.1) is 6.42 Å². The van der Waals surface area contributed by atoms with Crippen molar-refractivity contribution in [2.75, 3.05) is 13.2 Å². The van der Waals surface area contributed by atoms with E-state index in [9.17, 15) is 18.0 Å². The number of hydrogen-bond acceptors (Lipinski definition) is 3. The molecule has 1 fully saturated rings. The molecule has 1 aliphatic rings. The van der Waals surface area contributed by atoms with E-state index in [1.807, 2.05) is 0 Å². The van der Waals surface area contributed by atoms with Crippen LogP contribution in [0.15, 0.2) is 29.2 Å². The van der Waals surface area contributed by atoms with E-state index in [1.165, 1.54) is 24.3 Å². The predicted octanol–water partition coefficient (Wildman–Crippen LogP) is 3.46.